The van der Waals surface area contributed by atoms with Gasteiger partial charge in [0.05, 0.1) is 7.11 Å². The second kappa shape index (κ2) is 6.48. The molecule has 0 saturated heterocycles. The number of hydrogen-bond donors (Lipinski definition) is 1. The number of nitrogens with one attached hydrogen (secondary N) is 1. The number of fused-ring (bicyclic) bond motifs is 1. The van der Waals surface area contributed by atoms with E-state index in [-0.39, 0.29) is 0 Å². The third-order valence-corrected chi connectivity index (χ3v) is 4.96. The van der Waals surface area contributed by atoms with Gasteiger partial charge in [0.15, 0.2) is 0 Å². The maximum absolute atomic E-state index is 5.46. The molecule has 0 amide bonds. The van der Waals surface area contributed by atoms with Gasteiger partial charge in [0.1, 0.15) is 5.75 Å². The molecule has 2 nitrogen and oxygen atoms in total. The molecule has 2 aromatic rings. The summed E-state index contributed by atoms with van der Waals surface area (Å²) < 4.78 is 5.46. The first kappa shape index (κ1) is 14.4. The highest BCUT2D eigenvalue weighted by Crippen LogP contribution is 2.31. The van der Waals surface area contributed by atoms with Crippen LogP contribution in [0.1, 0.15) is 31.7 Å². The maximum atomic E-state index is 5.46. The van der Waals surface area contributed by atoms with Crippen molar-refractivity contribution in [2.24, 2.45) is 11.8 Å². The summed E-state index contributed by atoms with van der Waals surface area (Å²) in [6.45, 7) is 4.47. The molecule has 0 spiro atoms. The molecule has 2 unspecified atom stereocenters. The fraction of sp³-hybridized carbons (Fsp3) is 0.474. The van der Waals surface area contributed by atoms with E-state index in [9.17, 15) is 0 Å². The fourth-order valence-corrected chi connectivity index (χ4v) is 3.58. The number of benzene rings is 2. The number of rotatable bonds is 5. The predicted molar refractivity (Wildman–Crippen MR) is 88.7 cm³/mol. The Morgan fingerprint density at radius 3 is 2.62 bits per heavy atom. The van der Waals surface area contributed by atoms with Crippen LogP contribution in [0.5, 0.6) is 5.75 Å². The maximum Gasteiger partial charge on any atom is 0.126 e. The smallest absolute Gasteiger partial charge is 0.126 e. The van der Waals surface area contributed by atoms with Crippen LogP contribution >= 0.6 is 0 Å². The summed E-state index contributed by atoms with van der Waals surface area (Å²) in [7, 11) is 1.74. The van der Waals surface area contributed by atoms with E-state index in [2.05, 4.69) is 48.6 Å². The zero-order valence-electron chi connectivity index (χ0n) is 13.1. The topological polar surface area (TPSA) is 21.3 Å². The number of ether oxygens (including phenoxy) is 1. The zero-order valence-corrected chi connectivity index (χ0v) is 13.1. The Morgan fingerprint density at radius 1 is 1.10 bits per heavy atom. The zero-order chi connectivity index (χ0) is 14.7. The highest BCUT2D eigenvalue weighted by atomic mass is 16.5. The highest BCUT2D eigenvalue weighted by Gasteiger charge is 2.22. The van der Waals surface area contributed by atoms with Gasteiger partial charge in [0.2, 0.25) is 0 Å². The van der Waals surface area contributed by atoms with E-state index in [0.29, 0.717) is 0 Å². The third kappa shape index (κ3) is 3.06. The lowest BCUT2D eigenvalue weighted by Gasteiger charge is -2.17. The Balaban J connectivity index is 1.72. The quantitative estimate of drug-likeness (QED) is 0.879. The lowest BCUT2D eigenvalue weighted by atomic mass is 9.98. The van der Waals surface area contributed by atoms with Crippen LogP contribution in [0.2, 0.25) is 0 Å². The molecule has 21 heavy (non-hydrogen) atoms. The minimum Gasteiger partial charge on any atom is -0.496 e. The molecule has 1 saturated carbocycles. The van der Waals surface area contributed by atoms with E-state index < -0.39 is 0 Å². The second-order valence-electron chi connectivity index (χ2n) is 6.27. The molecule has 0 aliphatic heterocycles. The first-order valence-electron chi connectivity index (χ1n) is 8.05. The van der Waals surface area contributed by atoms with Crippen LogP contribution in [0.4, 0.5) is 0 Å². The molecule has 1 aliphatic carbocycles. The molecule has 1 N–H and O–H groups in total. The summed E-state index contributed by atoms with van der Waals surface area (Å²) in [6, 6.07) is 12.8. The minimum absolute atomic E-state index is 0.856. The number of hydrogen-bond acceptors (Lipinski definition) is 2. The monoisotopic (exact) mass is 283 g/mol. The molecule has 2 atom stereocenters. The lowest BCUT2D eigenvalue weighted by Crippen LogP contribution is -2.24. The lowest BCUT2D eigenvalue weighted by molar-refractivity contribution is 0.392. The highest BCUT2D eigenvalue weighted by molar-refractivity contribution is 5.91. The van der Waals surface area contributed by atoms with Gasteiger partial charge < -0.3 is 10.1 Å². The van der Waals surface area contributed by atoms with E-state index in [0.717, 1.165) is 30.7 Å². The van der Waals surface area contributed by atoms with Crippen molar-refractivity contribution in [3.05, 3.63) is 42.0 Å². The first-order chi connectivity index (χ1) is 10.3. The van der Waals surface area contributed by atoms with Crippen LogP contribution in [-0.2, 0) is 6.54 Å². The van der Waals surface area contributed by atoms with Crippen LogP contribution < -0.4 is 10.1 Å². The summed E-state index contributed by atoms with van der Waals surface area (Å²) >= 11 is 0. The van der Waals surface area contributed by atoms with Gasteiger partial charge in [-0.15, -0.1) is 0 Å². The molecule has 2 aromatic carbocycles. The summed E-state index contributed by atoms with van der Waals surface area (Å²) in [5.41, 5.74) is 1.36. The Kier molecular flexibility index (Phi) is 4.45. The van der Waals surface area contributed by atoms with Crippen molar-refractivity contribution in [2.45, 2.75) is 32.7 Å². The second-order valence-corrected chi connectivity index (χ2v) is 6.27. The van der Waals surface area contributed by atoms with Gasteiger partial charge in [0.25, 0.3) is 0 Å². The van der Waals surface area contributed by atoms with E-state index >= 15 is 0 Å². The normalized spacial score (nSPS) is 21.8. The third-order valence-electron chi connectivity index (χ3n) is 4.96. The molecule has 2 heteroatoms. The van der Waals surface area contributed by atoms with Gasteiger partial charge in [-0.2, -0.15) is 0 Å². The Hall–Kier alpha value is -1.54. The Bertz CT molecular complexity index is 608. The van der Waals surface area contributed by atoms with Gasteiger partial charge in [-0.25, -0.2) is 0 Å². The van der Waals surface area contributed by atoms with Gasteiger partial charge >= 0.3 is 0 Å². The molecule has 0 radical (unpaired) electrons. The summed E-state index contributed by atoms with van der Waals surface area (Å²) in [4.78, 5) is 0. The van der Waals surface area contributed by atoms with Crippen LogP contribution in [-0.4, -0.2) is 13.7 Å². The summed E-state index contributed by atoms with van der Waals surface area (Å²) in [5.74, 6) is 2.69. The molecule has 1 aliphatic rings. The van der Waals surface area contributed by atoms with Crippen molar-refractivity contribution in [2.75, 3.05) is 13.7 Å². The van der Waals surface area contributed by atoms with Crippen molar-refractivity contribution in [1.82, 2.24) is 5.32 Å². The standard InChI is InChI=1S/C19H25NO/c1-14-6-5-7-15(14)12-20-13-16-10-11-19(21-2)18-9-4-3-8-17(16)18/h3-4,8-11,14-15,20H,5-7,12-13H2,1-2H3. The first-order valence-corrected chi connectivity index (χ1v) is 8.05. The van der Waals surface area contributed by atoms with E-state index in [4.69, 9.17) is 4.74 Å². The van der Waals surface area contributed by atoms with Crippen LogP contribution in [0.25, 0.3) is 10.8 Å². The van der Waals surface area contributed by atoms with E-state index in [1.807, 2.05) is 0 Å². The van der Waals surface area contributed by atoms with Crippen LogP contribution in [0, 0.1) is 11.8 Å². The SMILES string of the molecule is COc1ccc(CNCC2CCCC2C)c2ccccc12. The van der Waals surface area contributed by atoms with Crippen molar-refractivity contribution in [3.8, 4) is 5.75 Å². The average Bonchev–Trinajstić information content (AvgIpc) is 2.93. The molecule has 112 valence electrons. The molecule has 3 rings (SSSR count). The van der Waals surface area contributed by atoms with Crippen molar-refractivity contribution in [1.29, 1.82) is 0 Å². The summed E-state index contributed by atoms with van der Waals surface area (Å²) in [5, 5.41) is 6.16. The van der Waals surface area contributed by atoms with Gasteiger partial charge in [-0.1, -0.05) is 50.1 Å². The minimum atomic E-state index is 0.856. The van der Waals surface area contributed by atoms with Gasteiger partial charge in [-0.3, -0.25) is 0 Å². The fourth-order valence-electron chi connectivity index (χ4n) is 3.58. The van der Waals surface area contributed by atoms with Gasteiger partial charge in [-0.05, 0) is 41.8 Å². The Morgan fingerprint density at radius 2 is 1.90 bits per heavy atom. The van der Waals surface area contributed by atoms with E-state index in [1.54, 1.807) is 7.11 Å². The van der Waals surface area contributed by atoms with Crippen molar-refractivity contribution in [3.63, 3.8) is 0 Å². The molecule has 0 heterocycles. The summed E-state index contributed by atoms with van der Waals surface area (Å²) in [6.07, 6.45) is 4.19. The largest absolute Gasteiger partial charge is 0.496 e. The van der Waals surface area contributed by atoms with E-state index in [1.165, 1.54) is 35.6 Å². The number of methoxy groups -OCH3 is 1. The van der Waals surface area contributed by atoms with Crippen molar-refractivity contribution >= 4 is 10.8 Å². The average molecular weight is 283 g/mol. The Labute approximate surface area is 127 Å². The van der Waals surface area contributed by atoms with Crippen LogP contribution in [0.3, 0.4) is 0 Å². The predicted octanol–water partition coefficient (Wildman–Crippen LogP) is 4.37. The van der Waals surface area contributed by atoms with Crippen LogP contribution in [0.15, 0.2) is 36.4 Å². The van der Waals surface area contributed by atoms with Gasteiger partial charge in [0, 0.05) is 11.9 Å². The van der Waals surface area contributed by atoms with Crippen molar-refractivity contribution < 1.29 is 4.74 Å². The molecule has 0 aromatic heterocycles. The molecule has 1 fully saturated rings. The molecular formula is C19H25NO. The molecular weight excluding hydrogens is 258 g/mol. The molecule has 0 bridgehead atoms.